The zero-order valence-corrected chi connectivity index (χ0v) is 15.1. The van der Waals surface area contributed by atoms with Gasteiger partial charge in [-0.15, -0.1) is 0 Å². The summed E-state index contributed by atoms with van der Waals surface area (Å²) in [6, 6.07) is 10.4. The normalized spacial score (nSPS) is 14.8. The highest BCUT2D eigenvalue weighted by Gasteiger charge is 2.15. The van der Waals surface area contributed by atoms with Gasteiger partial charge in [-0.1, -0.05) is 6.07 Å². The van der Waals surface area contributed by atoms with Gasteiger partial charge < -0.3 is 9.64 Å². The summed E-state index contributed by atoms with van der Waals surface area (Å²) < 4.78 is 7.26. The second-order valence-electron chi connectivity index (χ2n) is 6.74. The smallest absolute Gasteiger partial charge is 0.129 e. The number of hydrogen-bond acceptors (Lipinski definition) is 5. The van der Waals surface area contributed by atoms with Gasteiger partial charge in [-0.25, -0.2) is 4.98 Å². The minimum atomic E-state index is 0.742. The van der Waals surface area contributed by atoms with Crippen LogP contribution in [-0.2, 0) is 11.8 Å². The molecule has 0 unspecified atom stereocenters. The van der Waals surface area contributed by atoms with Crippen molar-refractivity contribution in [2.75, 3.05) is 31.2 Å². The molecule has 136 valence electrons. The minimum absolute atomic E-state index is 0.742. The zero-order valence-electron chi connectivity index (χ0n) is 15.1. The molecule has 7 nitrogen and oxygen atoms in total. The third-order valence-corrected chi connectivity index (χ3v) is 4.96. The van der Waals surface area contributed by atoms with Gasteiger partial charge in [0.1, 0.15) is 11.5 Å². The van der Waals surface area contributed by atoms with Gasteiger partial charge in [0.15, 0.2) is 0 Å². The van der Waals surface area contributed by atoms with Crippen LogP contribution in [0.4, 0.5) is 5.82 Å². The summed E-state index contributed by atoms with van der Waals surface area (Å²) >= 11 is 0. The molecule has 0 aliphatic carbocycles. The number of hydrogen-bond donors (Lipinski definition) is 1. The highest BCUT2D eigenvalue weighted by atomic mass is 16.5. The van der Waals surface area contributed by atoms with Crippen LogP contribution in [0.25, 0.3) is 33.3 Å². The first-order valence-corrected chi connectivity index (χ1v) is 9.04. The SMILES string of the molecule is Cn1cc(-c2ccc3[nH]nc(-c4ccnc(N5CCOCC5)c4)c3c2)cn1. The Balaban J connectivity index is 1.56. The Labute approximate surface area is 156 Å². The van der Waals surface area contributed by atoms with Crippen LogP contribution < -0.4 is 4.90 Å². The molecule has 0 radical (unpaired) electrons. The molecule has 1 fully saturated rings. The quantitative estimate of drug-likeness (QED) is 0.608. The maximum Gasteiger partial charge on any atom is 0.129 e. The van der Waals surface area contributed by atoms with E-state index in [1.807, 2.05) is 36.4 Å². The van der Waals surface area contributed by atoms with Crippen molar-refractivity contribution < 1.29 is 4.74 Å². The molecule has 0 spiro atoms. The molecule has 5 rings (SSSR count). The second kappa shape index (κ2) is 6.51. The van der Waals surface area contributed by atoms with Crippen LogP contribution in [-0.4, -0.2) is 51.3 Å². The molecule has 7 heteroatoms. The van der Waals surface area contributed by atoms with Crippen LogP contribution in [0.1, 0.15) is 0 Å². The maximum atomic E-state index is 5.44. The van der Waals surface area contributed by atoms with Crippen molar-refractivity contribution in [3.8, 4) is 22.4 Å². The molecular formula is C20H20N6O. The standard InChI is InChI=1S/C20H20N6O/c1-25-13-16(12-22-25)14-2-3-18-17(10-14)20(24-23-18)15-4-5-21-19(11-15)26-6-8-27-9-7-26/h2-5,10-13H,6-9H2,1H3,(H,23,24). The zero-order chi connectivity index (χ0) is 18.2. The van der Waals surface area contributed by atoms with E-state index in [2.05, 4.69) is 49.4 Å². The Morgan fingerprint density at radius 2 is 1.93 bits per heavy atom. The third-order valence-electron chi connectivity index (χ3n) is 4.96. The Morgan fingerprint density at radius 3 is 2.74 bits per heavy atom. The highest BCUT2D eigenvalue weighted by molar-refractivity contribution is 5.95. The van der Waals surface area contributed by atoms with Crippen molar-refractivity contribution in [3.05, 3.63) is 48.9 Å². The topological polar surface area (TPSA) is 71.9 Å². The van der Waals surface area contributed by atoms with Crippen LogP contribution in [0.3, 0.4) is 0 Å². The van der Waals surface area contributed by atoms with Crippen molar-refractivity contribution in [1.82, 2.24) is 25.0 Å². The molecule has 4 aromatic rings. The first kappa shape index (κ1) is 16.0. The van der Waals surface area contributed by atoms with Crippen molar-refractivity contribution in [2.24, 2.45) is 7.05 Å². The predicted molar refractivity (Wildman–Crippen MR) is 105 cm³/mol. The molecule has 1 aliphatic heterocycles. The number of aromatic nitrogens is 5. The molecule has 4 heterocycles. The number of rotatable bonds is 3. The summed E-state index contributed by atoms with van der Waals surface area (Å²) in [5, 5.41) is 13.1. The van der Waals surface area contributed by atoms with Gasteiger partial charge in [0, 0.05) is 49.0 Å². The lowest BCUT2D eigenvalue weighted by Gasteiger charge is -2.27. The Morgan fingerprint density at radius 1 is 1.04 bits per heavy atom. The molecular weight excluding hydrogens is 340 g/mol. The average Bonchev–Trinajstić information content (AvgIpc) is 3.34. The number of aromatic amines is 1. The number of nitrogens with one attached hydrogen (secondary N) is 1. The number of anilines is 1. The third kappa shape index (κ3) is 2.96. The Hall–Kier alpha value is -3.19. The van der Waals surface area contributed by atoms with Gasteiger partial charge >= 0.3 is 0 Å². The van der Waals surface area contributed by atoms with E-state index in [1.165, 1.54) is 0 Å². The monoisotopic (exact) mass is 360 g/mol. The molecule has 0 saturated carbocycles. The number of ether oxygens (including phenoxy) is 1. The van der Waals surface area contributed by atoms with E-state index in [9.17, 15) is 0 Å². The van der Waals surface area contributed by atoms with Crippen molar-refractivity contribution in [2.45, 2.75) is 0 Å². The molecule has 1 aromatic carbocycles. The van der Waals surface area contributed by atoms with E-state index in [0.717, 1.165) is 65.4 Å². The fourth-order valence-corrected chi connectivity index (χ4v) is 3.52. The molecule has 1 aliphatic rings. The highest BCUT2D eigenvalue weighted by Crippen LogP contribution is 2.31. The number of benzene rings is 1. The van der Waals surface area contributed by atoms with Gasteiger partial charge in [-0.3, -0.25) is 9.78 Å². The summed E-state index contributed by atoms with van der Waals surface area (Å²) in [6.07, 6.45) is 5.75. The summed E-state index contributed by atoms with van der Waals surface area (Å²) in [5.74, 6) is 0.968. The molecule has 0 amide bonds. The number of nitrogens with zero attached hydrogens (tertiary/aromatic N) is 5. The number of morpholine rings is 1. The fraction of sp³-hybridized carbons (Fsp3) is 0.250. The molecule has 1 N–H and O–H groups in total. The number of pyridine rings is 1. The van der Waals surface area contributed by atoms with Crippen LogP contribution in [0.2, 0.25) is 0 Å². The van der Waals surface area contributed by atoms with Crippen molar-refractivity contribution in [3.63, 3.8) is 0 Å². The summed E-state index contributed by atoms with van der Waals surface area (Å²) in [5.41, 5.74) is 5.23. The van der Waals surface area contributed by atoms with E-state index in [1.54, 1.807) is 0 Å². The van der Waals surface area contributed by atoms with Crippen molar-refractivity contribution >= 4 is 16.7 Å². The summed E-state index contributed by atoms with van der Waals surface area (Å²) in [6.45, 7) is 3.21. The van der Waals surface area contributed by atoms with Gasteiger partial charge in [-0.05, 0) is 29.8 Å². The van der Waals surface area contributed by atoms with E-state index in [-0.39, 0.29) is 0 Å². The van der Waals surface area contributed by atoms with E-state index < -0.39 is 0 Å². The Kier molecular flexibility index (Phi) is 3.86. The van der Waals surface area contributed by atoms with Gasteiger partial charge in [-0.2, -0.15) is 10.2 Å². The van der Waals surface area contributed by atoms with E-state index in [0.29, 0.717) is 0 Å². The fourth-order valence-electron chi connectivity index (χ4n) is 3.52. The van der Waals surface area contributed by atoms with Crippen LogP contribution >= 0.6 is 0 Å². The Bertz CT molecular complexity index is 1090. The molecule has 3 aromatic heterocycles. The lowest BCUT2D eigenvalue weighted by atomic mass is 10.0. The van der Waals surface area contributed by atoms with Crippen LogP contribution in [0, 0.1) is 0 Å². The molecule has 1 saturated heterocycles. The minimum Gasteiger partial charge on any atom is -0.378 e. The van der Waals surface area contributed by atoms with Crippen molar-refractivity contribution in [1.29, 1.82) is 0 Å². The second-order valence-corrected chi connectivity index (χ2v) is 6.74. The average molecular weight is 360 g/mol. The molecule has 0 bridgehead atoms. The summed E-state index contributed by atoms with van der Waals surface area (Å²) in [4.78, 5) is 6.80. The van der Waals surface area contributed by atoms with Crippen LogP contribution in [0.15, 0.2) is 48.9 Å². The van der Waals surface area contributed by atoms with Crippen LogP contribution in [0.5, 0.6) is 0 Å². The van der Waals surface area contributed by atoms with Gasteiger partial charge in [0.05, 0.1) is 24.9 Å². The maximum absolute atomic E-state index is 5.44. The number of H-pyrrole nitrogens is 1. The van der Waals surface area contributed by atoms with E-state index in [4.69, 9.17) is 4.74 Å². The van der Waals surface area contributed by atoms with E-state index >= 15 is 0 Å². The number of aryl methyl sites for hydroxylation is 1. The number of fused-ring (bicyclic) bond motifs is 1. The van der Waals surface area contributed by atoms with Gasteiger partial charge in [0.25, 0.3) is 0 Å². The lowest BCUT2D eigenvalue weighted by molar-refractivity contribution is 0.122. The predicted octanol–water partition coefficient (Wildman–Crippen LogP) is 2.86. The largest absolute Gasteiger partial charge is 0.378 e. The lowest BCUT2D eigenvalue weighted by Crippen LogP contribution is -2.36. The van der Waals surface area contributed by atoms with Gasteiger partial charge in [0.2, 0.25) is 0 Å². The molecule has 0 atom stereocenters. The first-order chi connectivity index (χ1) is 13.3. The summed E-state index contributed by atoms with van der Waals surface area (Å²) in [7, 11) is 1.93. The molecule has 27 heavy (non-hydrogen) atoms. The first-order valence-electron chi connectivity index (χ1n) is 9.04.